The summed E-state index contributed by atoms with van der Waals surface area (Å²) < 4.78 is 45.6. The van der Waals surface area contributed by atoms with Crippen LogP contribution in [0.5, 0.6) is 5.75 Å². The molecule has 1 saturated heterocycles. The first kappa shape index (κ1) is 24.0. The van der Waals surface area contributed by atoms with E-state index in [2.05, 4.69) is 24.3 Å². The molecular weight excluding hydrogens is 446 g/mol. The Kier molecular flexibility index (Phi) is 7.17. The van der Waals surface area contributed by atoms with Crippen molar-refractivity contribution < 1.29 is 23.0 Å². The molecule has 1 spiro atoms. The van der Waals surface area contributed by atoms with Gasteiger partial charge < -0.3 is 14.2 Å². The van der Waals surface area contributed by atoms with E-state index in [9.17, 15) is 8.78 Å². The fourth-order valence-corrected chi connectivity index (χ4v) is 5.29. The molecule has 2 fully saturated rings. The van der Waals surface area contributed by atoms with Crippen LogP contribution in [0.2, 0.25) is 0 Å². The molecule has 2 aliphatic rings. The molecule has 1 saturated carbocycles. The number of halogens is 2. The molecule has 1 heterocycles. The Bertz CT molecular complexity index is 1130. The molecule has 1 aliphatic carbocycles. The highest BCUT2D eigenvalue weighted by Crippen LogP contribution is 2.39. The summed E-state index contributed by atoms with van der Waals surface area (Å²) in [6.45, 7) is 3.49. The fourth-order valence-electron chi connectivity index (χ4n) is 5.29. The van der Waals surface area contributed by atoms with E-state index in [0.717, 1.165) is 49.5 Å². The standard InChI is InChI=1S/C30H32F2O3/c1-2-33-27-14-13-26(28(31)29(27)32)25-11-9-24(10-12-25)23-7-5-21(6-8-23)3-4-22-15-17-30(18-16-22)34-19-20-35-30/h5-14,22H,2-4,15-20H2,1H3. The van der Waals surface area contributed by atoms with E-state index in [-0.39, 0.29) is 23.7 Å². The van der Waals surface area contributed by atoms with Crippen LogP contribution in [0, 0.1) is 17.6 Å². The van der Waals surface area contributed by atoms with Crippen LogP contribution in [0.1, 0.15) is 44.6 Å². The zero-order valence-electron chi connectivity index (χ0n) is 20.2. The first-order valence-electron chi connectivity index (χ1n) is 12.7. The SMILES string of the molecule is CCOc1ccc(-c2ccc(-c3ccc(CCC4CCC5(CC4)OCCO5)cc3)cc2)c(F)c1F. The summed E-state index contributed by atoms with van der Waals surface area (Å²) in [5.74, 6) is -1.44. The Labute approximate surface area is 206 Å². The lowest BCUT2D eigenvalue weighted by Gasteiger charge is -2.35. The van der Waals surface area contributed by atoms with Crippen LogP contribution < -0.4 is 4.74 Å². The maximum Gasteiger partial charge on any atom is 0.201 e. The van der Waals surface area contributed by atoms with Crippen LogP contribution in [0.15, 0.2) is 60.7 Å². The second-order valence-electron chi connectivity index (χ2n) is 9.54. The molecule has 184 valence electrons. The third kappa shape index (κ3) is 5.26. The minimum atomic E-state index is -0.947. The number of hydrogen-bond acceptors (Lipinski definition) is 3. The molecule has 35 heavy (non-hydrogen) atoms. The van der Waals surface area contributed by atoms with Crippen molar-refractivity contribution in [3.05, 3.63) is 77.9 Å². The minimum Gasteiger partial charge on any atom is -0.491 e. The van der Waals surface area contributed by atoms with Gasteiger partial charge in [0.15, 0.2) is 17.4 Å². The second-order valence-corrected chi connectivity index (χ2v) is 9.54. The largest absolute Gasteiger partial charge is 0.491 e. The van der Waals surface area contributed by atoms with Crippen LogP contribution in [0.4, 0.5) is 8.78 Å². The molecule has 5 rings (SSSR count). The van der Waals surface area contributed by atoms with Gasteiger partial charge in [0.1, 0.15) is 0 Å². The van der Waals surface area contributed by atoms with Gasteiger partial charge in [-0.3, -0.25) is 0 Å². The lowest BCUT2D eigenvalue weighted by atomic mass is 9.82. The summed E-state index contributed by atoms with van der Waals surface area (Å²) >= 11 is 0. The van der Waals surface area contributed by atoms with Gasteiger partial charge in [-0.05, 0) is 72.9 Å². The van der Waals surface area contributed by atoms with Crippen molar-refractivity contribution in [1.29, 1.82) is 0 Å². The van der Waals surface area contributed by atoms with E-state index >= 15 is 0 Å². The second kappa shape index (κ2) is 10.5. The first-order valence-corrected chi connectivity index (χ1v) is 12.7. The van der Waals surface area contributed by atoms with Gasteiger partial charge >= 0.3 is 0 Å². The summed E-state index contributed by atoms with van der Waals surface area (Å²) in [6.07, 6.45) is 6.63. The topological polar surface area (TPSA) is 27.7 Å². The van der Waals surface area contributed by atoms with Crippen molar-refractivity contribution in [2.45, 2.75) is 51.2 Å². The number of aryl methyl sites for hydroxylation is 1. The molecule has 0 aromatic heterocycles. The van der Waals surface area contributed by atoms with Crippen LogP contribution in [-0.4, -0.2) is 25.6 Å². The van der Waals surface area contributed by atoms with Crippen LogP contribution in [-0.2, 0) is 15.9 Å². The molecule has 0 unspecified atom stereocenters. The van der Waals surface area contributed by atoms with Gasteiger partial charge in [-0.25, -0.2) is 4.39 Å². The number of hydrogen-bond donors (Lipinski definition) is 0. The maximum absolute atomic E-state index is 14.6. The van der Waals surface area contributed by atoms with Gasteiger partial charge in [-0.2, -0.15) is 4.39 Å². The molecule has 3 aromatic rings. The van der Waals surface area contributed by atoms with E-state index in [1.54, 1.807) is 13.0 Å². The zero-order chi connectivity index (χ0) is 24.3. The molecule has 5 heteroatoms. The number of benzene rings is 3. The van der Waals surface area contributed by atoms with Crippen LogP contribution >= 0.6 is 0 Å². The average molecular weight is 479 g/mol. The summed E-state index contributed by atoms with van der Waals surface area (Å²) in [4.78, 5) is 0. The minimum absolute atomic E-state index is 0.0605. The number of rotatable bonds is 7. The molecule has 3 nitrogen and oxygen atoms in total. The van der Waals surface area contributed by atoms with Crippen molar-refractivity contribution in [1.82, 2.24) is 0 Å². The maximum atomic E-state index is 14.6. The Morgan fingerprint density at radius 1 is 0.800 bits per heavy atom. The smallest absolute Gasteiger partial charge is 0.201 e. The molecule has 0 atom stereocenters. The van der Waals surface area contributed by atoms with Gasteiger partial charge in [0.2, 0.25) is 5.82 Å². The highest BCUT2D eigenvalue weighted by molar-refractivity contribution is 5.71. The Morgan fingerprint density at radius 2 is 1.40 bits per heavy atom. The molecule has 1 aliphatic heterocycles. The van der Waals surface area contributed by atoms with E-state index < -0.39 is 11.6 Å². The molecule has 3 aromatic carbocycles. The summed E-state index contributed by atoms with van der Waals surface area (Å²) in [6, 6.07) is 19.3. The normalized spacial score (nSPS) is 17.7. The van der Waals surface area contributed by atoms with Gasteiger partial charge in [-0.1, -0.05) is 48.5 Å². The van der Waals surface area contributed by atoms with Crippen molar-refractivity contribution in [3.8, 4) is 28.0 Å². The Hall–Kier alpha value is -2.76. The first-order chi connectivity index (χ1) is 17.1. The third-order valence-electron chi connectivity index (χ3n) is 7.35. The number of ether oxygens (including phenoxy) is 3. The van der Waals surface area contributed by atoms with E-state index in [1.165, 1.54) is 30.9 Å². The highest BCUT2D eigenvalue weighted by Gasteiger charge is 2.39. The lowest BCUT2D eigenvalue weighted by molar-refractivity contribution is -0.182. The molecule has 0 amide bonds. The van der Waals surface area contributed by atoms with Crippen LogP contribution in [0.3, 0.4) is 0 Å². The summed E-state index contributed by atoms with van der Waals surface area (Å²) in [5, 5.41) is 0. The predicted octanol–water partition coefficient (Wildman–Crippen LogP) is 7.56. The predicted molar refractivity (Wildman–Crippen MR) is 133 cm³/mol. The highest BCUT2D eigenvalue weighted by atomic mass is 19.2. The molecular formula is C30H32F2O3. The van der Waals surface area contributed by atoms with Gasteiger partial charge in [0.25, 0.3) is 0 Å². The molecule has 0 bridgehead atoms. The fraction of sp³-hybridized carbons (Fsp3) is 0.400. The van der Waals surface area contributed by atoms with Crippen molar-refractivity contribution >= 4 is 0 Å². The van der Waals surface area contributed by atoms with E-state index in [1.807, 2.05) is 24.3 Å². The van der Waals surface area contributed by atoms with Crippen LogP contribution in [0.25, 0.3) is 22.3 Å². The van der Waals surface area contributed by atoms with Gasteiger partial charge in [-0.15, -0.1) is 0 Å². The molecule has 0 radical (unpaired) electrons. The molecule has 0 N–H and O–H groups in total. The zero-order valence-corrected chi connectivity index (χ0v) is 20.2. The van der Waals surface area contributed by atoms with E-state index in [4.69, 9.17) is 14.2 Å². The lowest BCUT2D eigenvalue weighted by Crippen LogP contribution is -2.35. The van der Waals surface area contributed by atoms with Crippen molar-refractivity contribution in [2.75, 3.05) is 19.8 Å². The quantitative estimate of drug-likeness (QED) is 0.351. The van der Waals surface area contributed by atoms with Crippen molar-refractivity contribution in [3.63, 3.8) is 0 Å². The summed E-state index contributed by atoms with van der Waals surface area (Å²) in [5.41, 5.74) is 4.35. The third-order valence-corrected chi connectivity index (χ3v) is 7.35. The van der Waals surface area contributed by atoms with Gasteiger partial charge in [0, 0.05) is 18.4 Å². The van der Waals surface area contributed by atoms with Crippen molar-refractivity contribution in [2.24, 2.45) is 5.92 Å². The van der Waals surface area contributed by atoms with E-state index in [0.29, 0.717) is 5.56 Å². The summed E-state index contributed by atoms with van der Waals surface area (Å²) in [7, 11) is 0. The Balaban J connectivity index is 1.19. The monoisotopic (exact) mass is 478 g/mol. The Morgan fingerprint density at radius 3 is 2.03 bits per heavy atom. The van der Waals surface area contributed by atoms with Gasteiger partial charge in [0.05, 0.1) is 19.8 Å². The average Bonchev–Trinajstić information content (AvgIpc) is 3.35.